The summed E-state index contributed by atoms with van der Waals surface area (Å²) in [6, 6.07) is 8.58. The van der Waals surface area contributed by atoms with Crippen molar-refractivity contribution in [1.82, 2.24) is 5.43 Å². The maximum atomic E-state index is 11.6. The van der Waals surface area contributed by atoms with Gasteiger partial charge in [0.15, 0.2) is 10.4 Å². The lowest BCUT2D eigenvalue weighted by Gasteiger charge is -2.07. The van der Waals surface area contributed by atoms with E-state index < -0.39 is 0 Å². The van der Waals surface area contributed by atoms with Crippen molar-refractivity contribution in [3.05, 3.63) is 49.4 Å². The first-order valence-corrected chi connectivity index (χ1v) is 7.94. The standard InChI is InChI=1S/C13H9BrClIN2O3/c14-10-5-8(15)1-3-11(10)20-7-13(19)18-17-6-9-2-4-12(16)21-9/h1-6H,7H2,(H,18,19)/b17-6+. The van der Waals surface area contributed by atoms with Gasteiger partial charge in [0.05, 0.1) is 10.7 Å². The zero-order valence-electron chi connectivity index (χ0n) is 10.5. The smallest absolute Gasteiger partial charge is 0.277 e. The molecule has 8 heteroatoms. The molecule has 0 fully saturated rings. The molecule has 2 aromatic rings. The fourth-order valence-electron chi connectivity index (χ4n) is 1.33. The first-order valence-electron chi connectivity index (χ1n) is 5.69. The van der Waals surface area contributed by atoms with Gasteiger partial charge in [0.25, 0.3) is 5.91 Å². The fourth-order valence-corrected chi connectivity index (χ4v) is 2.56. The molecule has 0 saturated carbocycles. The molecular weight excluding hydrogens is 474 g/mol. The van der Waals surface area contributed by atoms with Crippen molar-refractivity contribution in [2.45, 2.75) is 0 Å². The van der Waals surface area contributed by atoms with E-state index in [-0.39, 0.29) is 12.5 Å². The molecule has 1 amide bonds. The van der Waals surface area contributed by atoms with Crippen LogP contribution in [0, 0.1) is 3.77 Å². The monoisotopic (exact) mass is 482 g/mol. The molecule has 0 radical (unpaired) electrons. The van der Waals surface area contributed by atoms with Crippen LogP contribution in [0.4, 0.5) is 0 Å². The van der Waals surface area contributed by atoms with Crippen LogP contribution < -0.4 is 10.2 Å². The summed E-state index contributed by atoms with van der Waals surface area (Å²) in [4.78, 5) is 11.6. The summed E-state index contributed by atoms with van der Waals surface area (Å²) >= 11 is 11.2. The Labute approximate surface area is 148 Å². The number of ether oxygens (including phenoxy) is 1. The van der Waals surface area contributed by atoms with Gasteiger partial charge < -0.3 is 9.15 Å². The van der Waals surface area contributed by atoms with Gasteiger partial charge in [-0.3, -0.25) is 4.79 Å². The molecule has 1 aromatic carbocycles. The van der Waals surface area contributed by atoms with Gasteiger partial charge in [0, 0.05) is 5.02 Å². The van der Waals surface area contributed by atoms with Gasteiger partial charge in [-0.1, -0.05) is 11.6 Å². The molecule has 0 saturated heterocycles. The molecule has 0 aliphatic rings. The van der Waals surface area contributed by atoms with Crippen molar-refractivity contribution >= 4 is 62.2 Å². The molecule has 0 aliphatic carbocycles. The molecule has 0 bridgehead atoms. The molecule has 0 spiro atoms. The minimum atomic E-state index is -0.380. The molecule has 0 atom stereocenters. The Morgan fingerprint density at radius 1 is 1.48 bits per heavy atom. The first kappa shape index (κ1) is 16.3. The molecule has 1 N–H and O–H groups in total. The summed E-state index contributed by atoms with van der Waals surface area (Å²) in [7, 11) is 0. The van der Waals surface area contributed by atoms with E-state index in [1.54, 1.807) is 30.3 Å². The van der Waals surface area contributed by atoms with E-state index in [1.165, 1.54) is 6.21 Å². The van der Waals surface area contributed by atoms with Crippen LogP contribution in [-0.4, -0.2) is 18.7 Å². The number of rotatable bonds is 5. The van der Waals surface area contributed by atoms with Crippen LogP contribution in [0.2, 0.25) is 5.02 Å². The molecular formula is C13H9BrClIN2O3. The van der Waals surface area contributed by atoms with Gasteiger partial charge in [0.2, 0.25) is 0 Å². The van der Waals surface area contributed by atoms with Crippen LogP contribution in [0.5, 0.6) is 5.75 Å². The highest BCUT2D eigenvalue weighted by atomic mass is 127. The molecule has 0 unspecified atom stereocenters. The molecule has 1 aromatic heterocycles. The van der Waals surface area contributed by atoms with Crippen molar-refractivity contribution in [2.24, 2.45) is 5.10 Å². The normalized spacial score (nSPS) is 10.8. The molecule has 2 rings (SSSR count). The lowest BCUT2D eigenvalue weighted by molar-refractivity contribution is -0.123. The van der Waals surface area contributed by atoms with Gasteiger partial charge >= 0.3 is 0 Å². The third kappa shape index (κ3) is 5.33. The Morgan fingerprint density at radius 3 is 2.95 bits per heavy atom. The van der Waals surface area contributed by atoms with Crippen LogP contribution in [0.3, 0.4) is 0 Å². The van der Waals surface area contributed by atoms with E-state index in [4.69, 9.17) is 20.8 Å². The van der Waals surface area contributed by atoms with Gasteiger partial charge in [-0.15, -0.1) is 0 Å². The van der Waals surface area contributed by atoms with Crippen LogP contribution in [0.15, 0.2) is 44.3 Å². The van der Waals surface area contributed by atoms with Gasteiger partial charge in [0.1, 0.15) is 11.5 Å². The molecule has 21 heavy (non-hydrogen) atoms. The zero-order valence-corrected chi connectivity index (χ0v) is 15.0. The Hall–Kier alpha value is -1.06. The quantitative estimate of drug-likeness (QED) is 0.400. The first-order chi connectivity index (χ1) is 10.0. The highest BCUT2D eigenvalue weighted by Gasteiger charge is 2.05. The van der Waals surface area contributed by atoms with Crippen molar-refractivity contribution < 1.29 is 13.9 Å². The summed E-state index contributed by atoms with van der Waals surface area (Å²) in [5.41, 5.74) is 2.34. The number of halogens is 3. The van der Waals surface area contributed by atoms with E-state index in [0.29, 0.717) is 21.0 Å². The van der Waals surface area contributed by atoms with E-state index in [2.05, 4.69) is 26.5 Å². The predicted octanol–water partition coefficient (Wildman–Crippen LogP) is 3.83. The van der Waals surface area contributed by atoms with Crippen molar-refractivity contribution in [3.63, 3.8) is 0 Å². The number of benzene rings is 1. The highest BCUT2D eigenvalue weighted by molar-refractivity contribution is 14.1. The summed E-state index contributed by atoms with van der Waals surface area (Å²) in [5.74, 6) is 0.703. The highest BCUT2D eigenvalue weighted by Crippen LogP contribution is 2.27. The van der Waals surface area contributed by atoms with Crippen molar-refractivity contribution in [1.29, 1.82) is 0 Å². The summed E-state index contributed by atoms with van der Waals surface area (Å²) in [6.07, 6.45) is 1.41. The topological polar surface area (TPSA) is 63.8 Å². The SMILES string of the molecule is O=C(COc1ccc(Cl)cc1Br)N/N=C/c1ccc(I)o1. The Balaban J connectivity index is 1.81. The number of hydrogen-bond donors (Lipinski definition) is 1. The van der Waals surface area contributed by atoms with Crippen molar-refractivity contribution in [2.75, 3.05) is 6.61 Å². The molecule has 0 aliphatic heterocycles. The molecule has 1 heterocycles. The van der Waals surface area contributed by atoms with Crippen LogP contribution in [-0.2, 0) is 4.79 Å². The van der Waals surface area contributed by atoms with Crippen molar-refractivity contribution in [3.8, 4) is 5.75 Å². The second-order valence-corrected chi connectivity index (χ2v) is 6.15. The second-order valence-electron chi connectivity index (χ2n) is 3.80. The fraction of sp³-hybridized carbons (Fsp3) is 0.0769. The largest absolute Gasteiger partial charge is 0.483 e. The van der Waals surface area contributed by atoms with Crippen LogP contribution in [0.1, 0.15) is 5.76 Å². The summed E-state index contributed by atoms with van der Waals surface area (Å²) in [6.45, 7) is -0.159. The lowest BCUT2D eigenvalue weighted by Crippen LogP contribution is -2.24. The summed E-state index contributed by atoms with van der Waals surface area (Å²) in [5, 5.41) is 4.35. The number of carbonyl (C=O) groups is 1. The van der Waals surface area contributed by atoms with Gasteiger partial charge in [-0.25, -0.2) is 5.43 Å². The number of amides is 1. The predicted molar refractivity (Wildman–Crippen MR) is 91.8 cm³/mol. The third-order valence-corrected chi connectivity index (χ3v) is 3.66. The Morgan fingerprint density at radius 2 is 2.29 bits per heavy atom. The van der Waals surface area contributed by atoms with E-state index in [1.807, 2.05) is 22.6 Å². The minimum absolute atomic E-state index is 0.159. The average Bonchev–Trinajstić information content (AvgIpc) is 2.83. The molecule has 110 valence electrons. The van der Waals surface area contributed by atoms with Crippen LogP contribution in [0.25, 0.3) is 0 Å². The van der Waals surface area contributed by atoms with E-state index in [9.17, 15) is 4.79 Å². The second kappa shape index (κ2) is 7.81. The average molecular weight is 483 g/mol. The third-order valence-electron chi connectivity index (χ3n) is 2.23. The van der Waals surface area contributed by atoms with Gasteiger partial charge in [-0.2, -0.15) is 5.10 Å². The number of carbonyl (C=O) groups excluding carboxylic acids is 1. The number of hydrogen-bond acceptors (Lipinski definition) is 4. The minimum Gasteiger partial charge on any atom is -0.483 e. The maximum Gasteiger partial charge on any atom is 0.277 e. The van der Waals surface area contributed by atoms with Gasteiger partial charge in [-0.05, 0) is 68.9 Å². The van der Waals surface area contributed by atoms with E-state index in [0.717, 1.165) is 3.77 Å². The number of hydrazone groups is 1. The lowest BCUT2D eigenvalue weighted by atomic mass is 10.3. The maximum absolute atomic E-state index is 11.6. The Kier molecular flexibility index (Phi) is 6.07. The molecule has 5 nitrogen and oxygen atoms in total. The van der Waals surface area contributed by atoms with Crippen LogP contribution >= 0.6 is 50.1 Å². The summed E-state index contributed by atoms with van der Waals surface area (Å²) < 4.78 is 12.0. The number of furan rings is 1. The number of nitrogens with one attached hydrogen (secondary N) is 1. The number of nitrogens with zero attached hydrogens (tertiary/aromatic N) is 1. The van der Waals surface area contributed by atoms with E-state index >= 15 is 0 Å². The Bertz CT molecular complexity index is 675. The zero-order chi connectivity index (χ0) is 15.2.